The van der Waals surface area contributed by atoms with Crippen LogP contribution in [0.3, 0.4) is 0 Å². The van der Waals surface area contributed by atoms with E-state index in [1.807, 2.05) is 0 Å². The summed E-state index contributed by atoms with van der Waals surface area (Å²) in [4.78, 5) is 12.6. The van der Waals surface area contributed by atoms with E-state index in [-0.39, 0.29) is 41.1 Å². The number of phenolic OH excluding ortho intramolecular Hbond substituents is 1. The van der Waals surface area contributed by atoms with Gasteiger partial charge in [0.1, 0.15) is 5.69 Å². The minimum Gasteiger partial charge on any atom is -0.504 e. The van der Waals surface area contributed by atoms with Crippen molar-refractivity contribution in [3.05, 3.63) is 35.2 Å². The van der Waals surface area contributed by atoms with Gasteiger partial charge in [0.2, 0.25) is 11.6 Å². The van der Waals surface area contributed by atoms with E-state index in [9.17, 15) is 9.90 Å². The molecule has 3 rings (SSSR count). The van der Waals surface area contributed by atoms with Gasteiger partial charge in [-0.15, -0.1) is 5.10 Å². The Bertz CT molecular complexity index is 1010. The molecule has 0 aliphatic rings. The number of nitrogens with one attached hydrogen (secondary N) is 1. The van der Waals surface area contributed by atoms with Gasteiger partial charge in [-0.3, -0.25) is 4.79 Å². The van der Waals surface area contributed by atoms with Gasteiger partial charge in [-0.05, 0) is 22.4 Å². The van der Waals surface area contributed by atoms with Crippen molar-refractivity contribution in [2.75, 3.05) is 20.0 Å². The highest BCUT2D eigenvalue weighted by atomic mass is 16.6. The Morgan fingerprint density at radius 2 is 2.25 bits per heavy atom. The van der Waals surface area contributed by atoms with Crippen LogP contribution in [0.2, 0.25) is 0 Å². The van der Waals surface area contributed by atoms with Gasteiger partial charge in [0.15, 0.2) is 17.2 Å². The number of amides is 1. The van der Waals surface area contributed by atoms with Gasteiger partial charge in [0.25, 0.3) is 5.91 Å². The Kier molecular flexibility index (Phi) is 5.45. The molecule has 13 nitrogen and oxygen atoms in total. The lowest BCUT2D eigenvalue weighted by molar-refractivity contribution is 0.0941. The molecular weight excluding hydrogens is 372 g/mol. The van der Waals surface area contributed by atoms with Crippen LogP contribution in [0, 0.1) is 0 Å². The Balaban J connectivity index is 1.86. The Hall–Kier alpha value is -4.00. The number of benzene rings is 1. The molecule has 0 saturated carbocycles. The van der Waals surface area contributed by atoms with Crippen LogP contribution in [0.15, 0.2) is 27.9 Å². The molecule has 0 saturated heterocycles. The standard InChI is InChI=1S/C15H16N8O5/c1-26-7-9-11(23(22-18-9)14-13(16)20-28-21-14)15(25)19-17-6-8-4-3-5-10(27-2)12(8)24/h3-6,24H,7H2,1-2H3,(H2,16,20)(H,19,25)/b17-6+. The van der Waals surface area contributed by atoms with E-state index in [4.69, 9.17) is 15.2 Å². The largest absolute Gasteiger partial charge is 0.504 e. The summed E-state index contributed by atoms with van der Waals surface area (Å²) in [6.45, 7) is 0.00826. The number of phenols is 1. The average molecular weight is 388 g/mol. The summed E-state index contributed by atoms with van der Waals surface area (Å²) in [6, 6.07) is 4.85. The summed E-state index contributed by atoms with van der Waals surface area (Å²) in [7, 11) is 2.87. The van der Waals surface area contributed by atoms with Crippen LogP contribution in [0.25, 0.3) is 5.82 Å². The molecule has 2 heterocycles. The van der Waals surface area contributed by atoms with Crippen molar-refractivity contribution in [2.45, 2.75) is 6.61 Å². The van der Waals surface area contributed by atoms with Crippen LogP contribution in [0.1, 0.15) is 21.7 Å². The molecule has 0 atom stereocenters. The first-order valence-electron chi connectivity index (χ1n) is 7.78. The maximum atomic E-state index is 12.6. The van der Waals surface area contributed by atoms with E-state index >= 15 is 0 Å². The molecule has 13 heteroatoms. The summed E-state index contributed by atoms with van der Waals surface area (Å²) in [5.74, 6) is -0.592. The van der Waals surface area contributed by atoms with Crippen molar-refractivity contribution in [3.8, 4) is 17.3 Å². The molecule has 1 amide bonds. The maximum Gasteiger partial charge on any atom is 0.292 e. The van der Waals surface area contributed by atoms with Crippen molar-refractivity contribution in [2.24, 2.45) is 5.10 Å². The number of nitrogens with zero attached hydrogens (tertiary/aromatic N) is 6. The minimum atomic E-state index is -0.668. The van der Waals surface area contributed by atoms with Crippen LogP contribution < -0.4 is 15.9 Å². The zero-order valence-corrected chi connectivity index (χ0v) is 14.9. The Morgan fingerprint density at radius 3 is 2.93 bits per heavy atom. The highest BCUT2D eigenvalue weighted by Crippen LogP contribution is 2.27. The van der Waals surface area contributed by atoms with E-state index in [1.165, 1.54) is 20.4 Å². The van der Waals surface area contributed by atoms with Crippen molar-refractivity contribution >= 4 is 17.9 Å². The normalized spacial score (nSPS) is 11.1. The van der Waals surface area contributed by atoms with E-state index in [0.29, 0.717) is 5.56 Å². The minimum absolute atomic E-state index is 0.00516. The fourth-order valence-electron chi connectivity index (χ4n) is 2.28. The van der Waals surface area contributed by atoms with Crippen molar-refractivity contribution in [1.29, 1.82) is 0 Å². The Labute approximate surface area is 157 Å². The summed E-state index contributed by atoms with van der Waals surface area (Å²) < 4.78 is 15.6. The molecule has 3 aromatic rings. The van der Waals surface area contributed by atoms with Crippen LogP contribution >= 0.6 is 0 Å². The van der Waals surface area contributed by atoms with Crippen LogP contribution in [0.4, 0.5) is 5.82 Å². The molecule has 0 spiro atoms. The summed E-state index contributed by atoms with van der Waals surface area (Å²) in [5.41, 5.74) is 8.53. The SMILES string of the molecule is COCc1nnn(-c2nonc2N)c1C(=O)N/N=C/c1cccc(OC)c1O. The number of carbonyl (C=O) groups excluding carboxylic acids is 1. The van der Waals surface area contributed by atoms with Crippen molar-refractivity contribution in [3.63, 3.8) is 0 Å². The van der Waals surface area contributed by atoms with Gasteiger partial charge in [-0.25, -0.2) is 10.1 Å². The fraction of sp³-hybridized carbons (Fsp3) is 0.200. The highest BCUT2D eigenvalue weighted by molar-refractivity contribution is 5.95. The summed E-state index contributed by atoms with van der Waals surface area (Å²) >= 11 is 0. The van der Waals surface area contributed by atoms with Crippen LogP contribution in [0.5, 0.6) is 11.5 Å². The lowest BCUT2D eigenvalue weighted by atomic mass is 10.2. The smallest absolute Gasteiger partial charge is 0.292 e. The van der Waals surface area contributed by atoms with Crippen molar-refractivity contribution < 1.29 is 24.0 Å². The third-order valence-corrected chi connectivity index (χ3v) is 3.55. The quantitative estimate of drug-likeness (QED) is 0.364. The molecule has 4 N–H and O–H groups in total. The number of para-hydroxylation sites is 1. The Morgan fingerprint density at radius 1 is 1.43 bits per heavy atom. The number of nitrogens with two attached hydrogens (primary N) is 1. The number of methoxy groups -OCH3 is 2. The van der Waals surface area contributed by atoms with Gasteiger partial charge in [-0.1, -0.05) is 11.3 Å². The van der Waals surface area contributed by atoms with Gasteiger partial charge >= 0.3 is 0 Å². The number of anilines is 1. The fourth-order valence-corrected chi connectivity index (χ4v) is 2.28. The number of hydrogen-bond acceptors (Lipinski definition) is 11. The second-order valence-corrected chi connectivity index (χ2v) is 5.30. The number of aromatic nitrogens is 5. The molecule has 146 valence electrons. The van der Waals surface area contributed by atoms with Gasteiger partial charge in [0.05, 0.1) is 19.9 Å². The maximum absolute atomic E-state index is 12.6. The van der Waals surface area contributed by atoms with E-state index in [1.54, 1.807) is 18.2 Å². The topological polar surface area (TPSA) is 176 Å². The van der Waals surface area contributed by atoms with E-state index < -0.39 is 5.91 Å². The third-order valence-electron chi connectivity index (χ3n) is 3.55. The zero-order valence-electron chi connectivity index (χ0n) is 14.9. The monoisotopic (exact) mass is 388 g/mol. The van der Waals surface area contributed by atoms with Gasteiger partial charge in [-0.2, -0.15) is 9.78 Å². The molecule has 0 bridgehead atoms. The zero-order chi connectivity index (χ0) is 20.1. The number of hydrogen-bond donors (Lipinski definition) is 3. The number of hydrazone groups is 1. The molecular formula is C15H16N8O5. The molecule has 28 heavy (non-hydrogen) atoms. The third kappa shape index (κ3) is 3.59. The number of nitrogen functional groups attached to an aromatic ring is 1. The lowest BCUT2D eigenvalue weighted by Gasteiger charge is -2.06. The van der Waals surface area contributed by atoms with E-state index in [0.717, 1.165) is 4.68 Å². The number of rotatable bonds is 7. The molecule has 0 unspecified atom stereocenters. The highest BCUT2D eigenvalue weighted by Gasteiger charge is 2.24. The molecule has 1 aromatic carbocycles. The first-order chi connectivity index (χ1) is 13.6. The second kappa shape index (κ2) is 8.13. The first kappa shape index (κ1) is 18.8. The molecule has 0 fully saturated rings. The number of aromatic hydroxyl groups is 1. The number of carbonyl (C=O) groups is 1. The molecule has 0 aliphatic heterocycles. The first-order valence-corrected chi connectivity index (χ1v) is 7.78. The van der Waals surface area contributed by atoms with Crippen LogP contribution in [-0.2, 0) is 11.3 Å². The average Bonchev–Trinajstić information content (AvgIpc) is 3.29. The molecule has 2 aromatic heterocycles. The molecule has 0 aliphatic carbocycles. The summed E-state index contributed by atoms with van der Waals surface area (Å²) in [5, 5.41) is 28.7. The summed E-state index contributed by atoms with van der Waals surface area (Å²) in [6.07, 6.45) is 1.26. The number of ether oxygens (including phenoxy) is 2. The van der Waals surface area contributed by atoms with Crippen molar-refractivity contribution in [1.82, 2.24) is 30.7 Å². The second-order valence-electron chi connectivity index (χ2n) is 5.30. The van der Waals surface area contributed by atoms with E-state index in [2.05, 4.69) is 35.8 Å². The predicted octanol–water partition coefficient (Wildman–Crippen LogP) is -0.143. The van der Waals surface area contributed by atoms with Gasteiger partial charge < -0.3 is 20.3 Å². The van der Waals surface area contributed by atoms with Gasteiger partial charge in [0, 0.05) is 12.7 Å². The predicted molar refractivity (Wildman–Crippen MR) is 94.1 cm³/mol. The van der Waals surface area contributed by atoms with Crippen LogP contribution in [-0.4, -0.2) is 56.8 Å². The molecule has 0 radical (unpaired) electrons. The lowest BCUT2D eigenvalue weighted by Crippen LogP contribution is -2.23.